The lowest BCUT2D eigenvalue weighted by Crippen LogP contribution is -2.19. The van der Waals surface area contributed by atoms with Gasteiger partial charge in [-0.3, -0.25) is 9.63 Å². The predicted octanol–water partition coefficient (Wildman–Crippen LogP) is 3.88. The fraction of sp³-hybridized carbons (Fsp3) is 0.263. The summed E-state index contributed by atoms with van der Waals surface area (Å²) in [4.78, 5) is 18.1. The zero-order valence-electron chi connectivity index (χ0n) is 13.4. The van der Waals surface area contributed by atoms with Crippen LogP contribution in [0.3, 0.4) is 0 Å². The first-order valence-electron chi connectivity index (χ1n) is 7.39. The lowest BCUT2D eigenvalue weighted by molar-refractivity contribution is -0.717. The number of fused-ring (bicyclic) bond motifs is 1. The Morgan fingerprint density at radius 2 is 1.59 bits per heavy atom. The molecule has 0 atom stereocenters. The molecular weight excluding hydrogens is 274 g/mol. The van der Waals surface area contributed by atoms with Crippen LogP contribution in [0.2, 0.25) is 0 Å². The van der Waals surface area contributed by atoms with E-state index in [2.05, 4.69) is 32.9 Å². The van der Waals surface area contributed by atoms with Crippen LogP contribution in [0.1, 0.15) is 42.3 Å². The van der Waals surface area contributed by atoms with Crippen molar-refractivity contribution in [1.82, 2.24) is 0 Å². The van der Waals surface area contributed by atoms with E-state index in [1.54, 1.807) is 11.8 Å². The maximum Gasteiger partial charge on any atom is 0.313 e. The number of para-hydroxylation sites is 1. The summed E-state index contributed by atoms with van der Waals surface area (Å²) >= 11 is 0. The monoisotopic (exact) mass is 294 g/mol. The minimum atomic E-state index is 0.000888. The summed E-state index contributed by atoms with van der Waals surface area (Å²) in [7, 11) is 1.58. The Bertz CT molecular complexity index is 765. The molecule has 0 amide bonds. The molecule has 1 aliphatic heterocycles. The van der Waals surface area contributed by atoms with Gasteiger partial charge in [0.15, 0.2) is 0 Å². The van der Waals surface area contributed by atoms with E-state index in [0.717, 1.165) is 11.3 Å². The van der Waals surface area contributed by atoms with Crippen LogP contribution in [0.4, 0.5) is 5.69 Å². The highest BCUT2D eigenvalue weighted by Crippen LogP contribution is 2.29. The highest BCUT2D eigenvalue weighted by atomic mass is 16.7. The SMILES string of the molecule is CO[N+]1=C(c2ccc(C(C)(C)C)cc2)C(=O)c2ccccc21. The minimum Gasteiger partial charge on any atom is -0.281 e. The van der Waals surface area contributed by atoms with Gasteiger partial charge in [0.2, 0.25) is 0 Å². The van der Waals surface area contributed by atoms with Crippen LogP contribution in [0, 0.1) is 0 Å². The molecule has 3 heteroatoms. The molecule has 1 heterocycles. The van der Waals surface area contributed by atoms with Gasteiger partial charge in [0.25, 0.3) is 11.5 Å². The second kappa shape index (κ2) is 5.09. The molecule has 112 valence electrons. The topological polar surface area (TPSA) is 29.3 Å². The number of carbonyl (C=O) groups is 1. The summed E-state index contributed by atoms with van der Waals surface area (Å²) in [6.45, 7) is 6.52. The van der Waals surface area contributed by atoms with Crippen LogP contribution >= 0.6 is 0 Å². The van der Waals surface area contributed by atoms with Crippen molar-refractivity contribution < 1.29 is 14.4 Å². The quantitative estimate of drug-likeness (QED) is 0.787. The van der Waals surface area contributed by atoms with Gasteiger partial charge < -0.3 is 0 Å². The fourth-order valence-corrected chi connectivity index (χ4v) is 2.75. The summed E-state index contributed by atoms with van der Waals surface area (Å²) in [5, 5.41) is 0. The highest BCUT2D eigenvalue weighted by molar-refractivity contribution is 6.52. The van der Waals surface area contributed by atoms with E-state index in [1.165, 1.54) is 5.56 Å². The van der Waals surface area contributed by atoms with Gasteiger partial charge in [0.05, 0.1) is 5.56 Å². The Kier molecular flexibility index (Phi) is 3.36. The average molecular weight is 294 g/mol. The molecule has 2 aromatic rings. The zero-order chi connectivity index (χ0) is 15.9. The molecule has 3 nitrogen and oxygen atoms in total. The van der Waals surface area contributed by atoms with Crippen LogP contribution in [0.5, 0.6) is 0 Å². The van der Waals surface area contributed by atoms with Gasteiger partial charge in [-0.2, -0.15) is 0 Å². The Morgan fingerprint density at radius 1 is 0.955 bits per heavy atom. The Hall–Kier alpha value is -2.42. The van der Waals surface area contributed by atoms with Gasteiger partial charge in [-0.05, 0) is 29.2 Å². The summed E-state index contributed by atoms with van der Waals surface area (Å²) in [6.07, 6.45) is 0. The molecule has 0 saturated heterocycles. The molecule has 0 fully saturated rings. The largest absolute Gasteiger partial charge is 0.313 e. The third kappa shape index (κ3) is 2.23. The van der Waals surface area contributed by atoms with E-state index in [-0.39, 0.29) is 11.2 Å². The molecule has 2 aromatic carbocycles. The molecule has 0 aliphatic carbocycles. The van der Waals surface area contributed by atoms with Crippen molar-refractivity contribution in [2.45, 2.75) is 26.2 Å². The average Bonchev–Trinajstić information content (AvgIpc) is 2.79. The van der Waals surface area contributed by atoms with Gasteiger partial charge in [-0.25, -0.2) is 0 Å². The minimum absolute atomic E-state index is 0.000888. The van der Waals surface area contributed by atoms with Crippen LogP contribution < -0.4 is 0 Å². The molecule has 0 N–H and O–H groups in total. The van der Waals surface area contributed by atoms with Crippen molar-refractivity contribution in [3.8, 4) is 0 Å². The van der Waals surface area contributed by atoms with Gasteiger partial charge in [0, 0.05) is 10.8 Å². The third-order valence-corrected chi connectivity index (χ3v) is 3.99. The molecule has 0 unspecified atom stereocenters. The van der Waals surface area contributed by atoms with E-state index in [1.807, 2.05) is 36.4 Å². The Labute approximate surface area is 130 Å². The molecule has 0 radical (unpaired) electrons. The van der Waals surface area contributed by atoms with E-state index in [0.29, 0.717) is 11.3 Å². The lowest BCUT2D eigenvalue weighted by Gasteiger charge is -2.18. The first kappa shape index (κ1) is 14.5. The van der Waals surface area contributed by atoms with Crippen LogP contribution in [-0.2, 0) is 10.3 Å². The highest BCUT2D eigenvalue weighted by Gasteiger charge is 2.41. The molecule has 3 rings (SSSR count). The van der Waals surface area contributed by atoms with Crippen LogP contribution in [0.15, 0.2) is 48.5 Å². The summed E-state index contributed by atoms with van der Waals surface area (Å²) in [6, 6.07) is 15.6. The lowest BCUT2D eigenvalue weighted by atomic mass is 9.86. The van der Waals surface area contributed by atoms with Crippen LogP contribution in [0.25, 0.3) is 0 Å². The molecule has 0 spiro atoms. The van der Waals surface area contributed by atoms with Gasteiger partial charge >= 0.3 is 5.71 Å². The maximum absolute atomic E-state index is 12.7. The first-order chi connectivity index (χ1) is 10.4. The smallest absolute Gasteiger partial charge is 0.281 e. The van der Waals surface area contributed by atoms with Gasteiger partial charge in [0.1, 0.15) is 12.7 Å². The maximum atomic E-state index is 12.7. The van der Waals surface area contributed by atoms with E-state index >= 15 is 0 Å². The standard InChI is InChI=1S/C19H20NO2/c1-19(2,3)14-11-9-13(10-12-14)17-18(21)15-7-5-6-8-16(15)20(17)22-4/h5-12H,1-4H3/q+1. The third-order valence-electron chi connectivity index (χ3n) is 3.99. The fourth-order valence-electron chi connectivity index (χ4n) is 2.75. The second-order valence-electron chi connectivity index (χ2n) is 6.50. The number of rotatable bonds is 2. The zero-order valence-corrected chi connectivity index (χ0v) is 13.4. The number of nitrogens with zero attached hydrogens (tertiary/aromatic N) is 1. The molecule has 0 saturated carbocycles. The summed E-state index contributed by atoms with van der Waals surface area (Å²) in [5.74, 6) is 0.000888. The summed E-state index contributed by atoms with van der Waals surface area (Å²) in [5.41, 5.74) is 4.25. The van der Waals surface area contributed by atoms with E-state index < -0.39 is 0 Å². The Morgan fingerprint density at radius 3 is 2.18 bits per heavy atom. The summed E-state index contributed by atoms with van der Waals surface area (Å²) < 4.78 is 1.61. The number of ketones is 1. The predicted molar refractivity (Wildman–Crippen MR) is 87.0 cm³/mol. The van der Waals surface area contributed by atoms with Gasteiger partial charge in [-0.1, -0.05) is 45.0 Å². The number of Topliss-reactive ketones (excluding diaryl/α,β-unsaturated/α-hetero) is 1. The van der Waals surface area contributed by atoms with Gasteiger partial charge in [-0.15, -0.1) is 0 Å². The van der Waals surface area contributed by atoms with Crippen molar-refractivity contribution in [2.75, 3.05) is 7.11 Å². The van der Waals surface area contributed by atoms with E-state index in [4.69, 9.17) is 4.84 Å². The van der Waals surface area contributed by atoms with Crippen molar-refractivity contribution in [3.63, 3.8) is 0 Å². The van der Waals surface area contributed by atoms with Crippen LogP contribution in [-0.4, -0.2) is 23.3 Å². The Balaban J connectivity index is 2.10. The number of hydrogen-bond acceptors (Lipinski definition) is 2. The van der Waals surface area contributed by atoms with Crippen molar-refractivity contribution in [3.05, 3.63) is 65.2 Å². The van der Waals surface area contributed by atoms with Crippen molar-refractivity contribution in [1.29, 1.82) is 0 Å². The molecular formula is C19H20NO2+. The molecule has 1 aliphatic rings. The normalized spacial score (nSPS) is 14.3. The van der Waals surface area contributed by atoms with E-state index in [9.17, 15) is 4.79 Å². The molecule has 22 heavy (non-hydrogen) atoms. The molecule has 0 aromatic heterocycles. The number of benzene rings is 2. The number of hydrogen-bond donors (Lipinski definition) is 0. The van der Waals surface area contributed by atoms with Crippen molar-refractivity contribution in [2.24, 2.45) is 0 Å². The first-order valence-corrected chi connectivity index (χ1v) is 7.39. The van der Waals surface area contributed by atoms with Crippen molar-refractivity contribution >= 4 is 17.2 Å². The number of carbonyl (C=O) groups excluding carboxylic acids is 1. The second-order valence-corrected chi connectivity index (χ2v) is 6.50. The molecule has 0 bridgehead atoms.